The average Bonchev–Trinajstić information content (AvgIpc) is 2.78. The fourth-order valence-electron chi connectivity index (χ4n) is 3.56. The molecule has 3 aromatic carbocycles. The van der Waals surface area contributed by atoms with Crippen LogP contribution in [0.5, 0.6) is 5.75 Å². The first-order chi connectivity index (χ1) is 14.5. The first kappa shape index (κ1) is 19.8. The van der Waals surface area contributed by atoms with Crippen molar-refractivity contribution in [2.24, 2.45) is 0 Å². The lowest BCUT2D eigenvalue weighted by molar-refractivity contribution is 0.386. The minimum atomic E-state index is -0.504. The minimum absolute atomic E-state index is 0.145. The third kappa shape index (κ3) is 3.47. The Morgan fingerprint density at radius 1 is 1.07 bits per heavy atom. The Hall–Kier alpha value is -3.47. The SMILES string of the molecule is CC[C@H](C)c1ccc(-n2c(-c3ccc(OC)c(F)c3)nc3ccccc3c2=O)cc1. The van der Waals surface area contributed by atoms with Crippen molar-refractivity contribution in [1.82, 2.24) is 9.55 Å². The first-order valence-corrected chi connectivity index (χ1v) is 9.99. The van der Waals surface area contributed by atoms with Gasteiger partial charge in [-0.25, -0.2) is 9.37 Å². The van der Waals surface area contributed by atoms with E-state index in [9.17, 15) is 9.18 Å². The number of hydrogen-bond acceptors (Lipinski definition) is 3. The van der Waals surface area contributed by atoms with E-state index in [0.717, 1.165) is 6.42 Å². The smallest absolute Gasteiger partial charge is 0.266 e. The molecule has 1 atom stereocenters. The van der Waals surface area contributed by atoms with Gasteiger partial charge in [0.25, 0.3) is 5.56 Å². The highest BCUT2D eigenvalue weighted by atomic mass is 19.1. The van der Waals surface area contributed by atoms with Crippen molar-refractivity contribution >= 4 is 10.9 Å². The molecule has 4 rings (SSSR count). The summed E-state index contributed by atoms with van der Waals surface area (Å²) >= 11 is 0. The van der Waals surface area contributed by atoms with E-state index in [4.69, 9.17) is 9.72 Å². The number of aromatic nitrogens is 2. The number of hydrogen-bond donors (Lipinski definition) is 0. The average molecular weight is 402 g/mol. The monoisotopic (exact) mass is 402 g/mol. The molecule has 0 bridgehead atoms. The molecule has 30 heavy (non-hydrogen) atoms. The van der Waals surface area contributed by atoms with Crippen molar-refractivity contribution in [3.63, 3.8) is 0 Å². The van der Waals surface area contributed by atoms with Crippen LogP contribution >= 0.6 is 0 Å². The molecule has 0 amide bonds. The predicted octanol–water partition coefficient (Wildman–Crippen LogP) is 5.71. The molecule has 4 aromatic rings. The fourth-order valence-corrected chi connectivity index (χ4v) is 3.56. The van der Waals surface area contributed by atoms with Gasteiger partial charge in [-0.15, -0.1) is 0 Å². The van der Waals surface area contributed by atoms with Crippen LogP contribution in [-0.2, 0) is 0 Å². The van der Waals surface area contributed by atoms with Crippen molar-refractivity contribution < 1.29 is 9.13 Å². The molecule has 1 heterocycles. The minimum Gasteiger partial charge on any atom is -0.494 e. The third-order valence-corrected chi connectivity index (χ3v) is 5.52. The maximum atomic E-state index is 14.4. The molecule has 0 saturated carbocycles. The van der Waals surface area contributed by atoms with Gasteiger partial charge in [-0.05, 0) is 60.4 Å². The fraction of sp³-hybridized carbons (Fsp3) is 0.200. The first-order valence-electron chi connectivity index (χ1n) is 9.99. The largest absolute Gasteiger partial charge is 0.494 e. The van der Waals surface area contributed by atoms with Crippen LogP contribution in [0.3, 0.4) is 0 Å². The standard InChI is InChI=1S/C25H23FN2O2/c1-4-16(2)17-9-12-19(13-10-17)28-24(18-11-14-23(30-3)21(26)15-18)27-22-8-6-5-7-20(22)25(28)29/h5-16H,4H2,1-3H3/t16-/m0/s1. The lowest BCUT2D eigenvalue weighted by Crippen LogP contribution is -2.22. The van der Waals surface area contributed by atoms with Crippen LogP contribution in [-0.4, -0.2) is 16.7 Å². The Bertz CT molecular complexity index is 1260. The zero-order valence-corrected chi connectivity index (χ0v) is 17.2. The van der Waals surface area contributed by atoms with Crippen LogP contribution in [0, 0.1) is 5.82 Å². The van der Waals surface area contributed by atoms with Gasteiger partial charge in [0.2, 0.25) is 0 Å². The molecule has 0 saturated heterocycles. The molecule has 152 valence electrons. The van der Waals surface area contributed by atoms with Crippen molar-refractivity contribution in [3.8, 4) is 22.8 Å². The van der Waals surface area contributed by atoms with Gasteiger partial charge in [0.15, 0.2) is 11.6 Å². The van der Waals surface area contributed by atoms with Crippen LogP contribution in [0.15, 0.2) is 71.5 Å². The van der Waals surface area contributed by atoms with E-state index in [2.05, 4.69) is 13.8 Å². The van der Waals surface area contributed by atoms with Gasteiger partial charge in [0.05, 0.1) is 23.7 Å². The number of nitrogens with zero attached hydrogens (tertiary/aromatic N) is 2. The Morgan fingerprint density at radius 3 is 2.47 bits per heavy atom. The molecule has 0 N–H and O–H groups in total. The zero-order chi connectivity index (χ0) is 21.3. The summed E-state index contributed by atoms with van der Waals surface area (Å²) in [5, 5.41) is 0.515. The second kappa shape index (κ2) is 8.11. The molecule has 0 spiro atoms. The number of methoxy groups -OCH3 is 1. The molecule has 0 aliphatic rings. The normalized spacial score (nSPS) is 12.1. The number of para-hydroxylation sites is 1. The van der Waals surface area contributed by atoms with Gasteiger partial charge < -0.3 is 4.74 Å². The van der Waals surface area contributed by atoms with Crippen LogP contribution in [0.4, 0.5) is 4.39 Å². The highest BCUT2D eigenvalue weighted by molar-refractivity contribution is 5.80. The van der Waals surface area contributed by atoms with Crippen molar-refractivity contribution in [3.05, 3.63) is 88.5 Å². The number of ether oxygens (including phenoxy) is 1. The molecule has 0 aliphatic heterocycles. The van der Waals surface area contributed by atoms with Crippen molar-refractivity contribution in [2.75, 3.05) is 7.11 Å². The van der Waals surface area contributed by atoms with Gasteiger partial charge in [-0.2, -0.15) is 0 Å². The summed E-state index contributed by atoms with van der Waals surface area (Å²) in [5.74, 6) is 0.458. The van der Waals surface area contributed by atoms with Crippen LogP contribution in [0.1, 0.15) is 31.7 Å². The predicted molar refractivity (Wildman–Crippen MR) is 118 cm³/mol. The van der Waals surface area contributed by atoms with E-state index in [-0.39, 0.29) is 11.3 Å². The molecule has 0 radical (unpaired) electrons. The van der Waals surface area contributed by atoms with E-state index in [1.54, 1.807) is 28.8 Å². The summed E-state index contributed by atoms with van der Waals surface area (Å²) in [6, 6.07) is 19.7. The summed E-state index contributed by atoms with van der Waals surface area (Å²) in [6.07, 6.45) is 1.03. The lowest BCUT2D eigenvalue weighted by Gasteiger charge is -2.16. The quantitative estimate of drug-likeness (QED) is 0.429. The molecular formula is C25H23FN2O2. The van der Waals surface area contributed by atoms with Gasteiger partial charge >= 0.3 is 0 Å². The van der Waals surface area contributed by atoms with E-state index >= 15 is 0 Å². The van der Waals surface area contributed by atoms with Crippen LogP contribution < -0.4 is 10.3 Å². The molecule has 1 aromatic heterocycles. The summed E-state index contributed by atoms with van der Waals surface area (Å²) in [6.45, 7) is 4.32. The van der Waals surface area contributed by atoms with Gasteiger partial charge in [-0.3, -0.25) is 9.36 Å². The Balaban J connectivity index is 1.98. The zero-order valence-electron chi connectivity index (χ0n) is 17.2. The second-order valence-corrected chi connectivity index (χ2v) is 7.34. The number of rotatable bonds is 5. The molecule has 0 fully saturated rings. The molecular weight excluding hydrogens is 379 g/mol. The lowest BCUT2D eigenvalue weighted by atomic mass is 9.98. The van der Waals surface area contributed by atoms with Gasteiger partial charge in [0, 0.05) is 5.56 Å². The van der Waals surface area contributed by atoms with E-state index in [1.165, 1.54) is 18.7 Å². The highest BCUT2D eigenvalue weighted by Gasteiger charge is 2.16. The van der Waals surface area contributed by atoms with Gasteiger partial charge in [0.1, 0.15) is 5.82 Å². The van der Waals surface area contributed by atoms with E-state index in [0.29, 0.717) is 33.9 Å². The second-order valence-electron chi connectivity index (χ2n) is 7.34. The van der Waals surface area contributed by atoms with E-state index < -0.39 is 5.82 Å². The number of benzene rings is 3. The van der Waals surface area contributed by atoms with Crippen LogP contribution in [0.25, 0.3) is 28.0 Å². The highest BCUT2D eigenvalue weighted by Crippen LogP contribution is 2.27. The Morgan fingerprint density at radius 2 is 1.80 bits per heavy atom. The maximum absolute atomic E-state index is 14.4. The molecule has 0 unspecified atom stereocenters. The topological polar surface area (TPSA) is 44.1 Å². The maximum Gasteiger partial charge on any atom is 0.266 e. The number of fused-ring (bicyclic) bond motifs is 1. The molecule has 0 aliphatic carbocycles. The third-order valence-electron chi connectivity index (χ3n) is 5.52. The summed E-state index contributed by atoms with van der Waals surface area (Å²) in [4.78, 5) is 18.1. The molecule has 4 nitrogen and oxygen atoms in total. The van der Waals surface area contributed by atoms with Crippen LogP contribution in [0.2, 0.25) is 0 Å². The Labute approximate surface area is 174 Å². The Kier molecular flexibility index (Phi) is 5.36. The van der Waals surface area contributed by atoms with Gasteiger partial charge in [-0.1, -0.05) is 38.1 Å². The van der Waals surface area contributed by atoms with Crippen molar-refractivity contribution in [2.45, 2.75) is 26.2 Å². The summed E-state index contributed by atoms with van der Waals surface area (Å²) in [5.41, 5.74) is 2.78. The summed E-state index contributed by atoms with van der Waals surface area (Å²) < 4.78 is 21.0. The summed E-state index contributed by atoms with van der Waals surface area (Å²) in [7, 11) is 1.42. The van der Waals surface area contributed by atoms with E-state index in [1.807, 2.05) is 36.4 Å². The number of halogens is 1. The molecule has 5 heteroatoms. The van der Waals surface area contributed by atoms with Crippen molar-refractivity contribution in [1.29, 1.82) is 0 Å².